The number of methoxy groups -OCH3 is 2. The number of amides is 3. The molecule has 0 spiro atoms. The van der Waals surface area contributed by atoms with Crippen LogP contribution in [0, 0.1) is 5.92 Å². The first-order valence-electron chi connectivity index (χ1n) is 17.9. The molecule has 0 bridgehead atoms. The number of benzene rings is 1. The number of hydrogen-bond acceptors (Lipinski definition) is 10. The summed E-state index contributed by atoms with van der Waals surface area (Å²) in [4.78, 5) is 73.7. The van der Waals surface area contributed by atoms with Gasteiger partial charge in [0.15, 0.2) is 5.78 Å². The minimum absolute atomic E-state index is 0.00416. The molecule has 2 unspecified atom stereocenters. The first-order chi connectivity index (χ1) is 25.1. The van der Waals surface area contributed by atoms with Crippen LogP contribution in [0.25, 0.3) is 10.9 Å². The second kappa shape index (κ2) is 16.5. The van der Waals surface area contributed by atoms with Crippen molar-refractivity contribution in [1.29, 1.82) is 0 Å². The van der Waals surface area contributed by atoms with Crippen LogP contribution in [0.4, 0.5) is 4.79 Å². The summed E-state index contributed by atoms with van der Waals surface area (Å²) in [7, 11) is 2.81. The van der Waals surface area contributed by atoms with Gasteiger partial charge in [-0.25, -0.2) is 14.6 Å². The number of rotatable bonds is 8. The molecule has 2 aromatic rings. The van der Waals surface area contributed by atoms with E-state index in [9.17, 15) is 24.0 Å². The fourth-order valence-corrected chi connectivity index (χ4v) is 8.39. The largest absolute Gasteiger partial charge is 0.495 e. The lowest BCUT2D eigenvalue weighted by atomic mass is 10.0. The quantitative estimate of drug-likeness (QED) is 0.149. The van der Waals surface area contributed by atoms with Crippen molar-refractivity contribution in [3.05, 3.63) is 40.5 Å². The van der Waals surface area contributed by atoms with Crippen LogP contribution in [0.1, 0.15) is 81.1 Å². The molecular weight excluding hydrogens is 804 g/mol. The smallest absolute Gasteiger partial charge is 0.408 e. The highest BCUT2D eigenvalue weighted by Gasteiger charge is 2.62. The van der Waals surface area contributed by atoms with E-state index in [1.165, 1.54) is 19.1 Å². The highest BCUT2D eigenvalue weighted by Crippen LogP contribution is 2.46. The molecule has 4 aliphatic rings. The lowest BCUT2D eigenvalue weighted by Gasteiger charge is -2.29. The number of carbonyl (C=O) groups excluding carboxylic acids is 5. The predicted octanol–water partition coefficient (Wildman–Crippen LogP) is 5.54. The van der Waals surface area contributed by atoms with Crippen LogP contribution in [0.15, 0.2) is 34.8 Å². The van der Waals surface area contributed by atoms with E-state index >= 15 is 0 Å². The number of fused-ring (bicyclic) bond motifs is 3. The number of alkyl halides is 1. The molecule has 3 heterocycles. The molecule has 1 saturated heterocycles. The van der Waals surface area contributed by atoms with Crippen molar-refractivity contribution in [3.8, 4) is 11.5 Å². The zero-order valence-electron chi connectivity index (χ0n) is 29.3. The Morgan fingerprint density at radius 3 is 2.54 bits per heavy atom. The van der Waals surface area contributed by atoms with Crippen LogP contribution in [0.2, 0.25) is 0 Å². The maximum absolute atomic E-state index is 14.5. The van der Waals surface area contributed by atoms with E-state index in [4.69, 9.17) is 18.9 Å². The molecule has 0 radical (unpaired) electrons. The summed E-state index contributed by atoms with van der Waals surface area (Å²) < 4.78 is 23.4. The van der Waals surface area contributed by atoms with Gasteiger partial charge in [-0.05, 0) is 79.4 Å². The molecule has 2 aliphatic carbocycles. The Morgan fingerprint density at radius 1 is 1.04 bits per heavy atom. The van der Waals surface area contributed by atoms with Crippen LogP contribution < -0.4 is 20.1 Å². The summed E-state index contributed by atoms with van der Waals surface area (Å²) in [6.07, 6.45) is 9.91. The molecule has 5 atom stereocenters. The van der Waals surface area contributed by atoms with Crippen molar-refractivity contribution in [2.75, 3.05) is 26.1 Å². The topological polar surface area (TPSA) is 162 Å². The predicted molar refractivity (Wildman–Crippen MR) is 198 cm³/mol. The Morgan fingerprint density at radius 2 is 1.81 bits per heavy atom. The van der Waals surface area contributed by atoms with E-state index in [1.807, 2.05) is 12.2 Å². The molecule has 280 valence electrons. The fourth-order valence-electron chi connectivity index (χ4n) is 7.50. The minimum Gasteiger partial charge on any atom is -0.495 e. The second-order valence-electron chi connectivity index (χ2n) is 13.9. The molecule has 2 saturated carbocycles. The average molecular weight is 849 g/mol. The molecule has 13 nitrogen and oxygen atoms in total. The normalized spacial score (nSPS) is 27.3. The van der Waals surface area contributed by atoms with E-state index < -0.39 is 47.6 Å². The zero-order chi connectivity index (χ0) is 37.0. The maximum Gasteiger partial charge on any atom is 0.408 e. The Bertz CT molecular complexity index is 1750. The number of aromatic nitrogens is 1. The van der Waals surface area contributed by atoms with Gasteiger partial charge in [0.05, 0.1) is 36.1 Å². The number of nitrogens with one attached hydrogen (secondary N) is 2. The third kappa shape index (κ3) is 8.09. The van der Waals surface area contributed by atoms with E-state index in [0.29, 0.717) is 46.1 Å². The Labute approximate surface area is 319 Å². The van der Waals surface area contributed by atoms with Gasteiger partial charge in [0, 0.05) is 23.8 Å². The number of halogens is 2. The van der Waals surface area contributed by atoms with Crippen molar-refractivity contribution in [1.82, 2.24) is 20.5 Å². The minimum atomic E-state index is -1.24. The number of allylic oxidation sites excluding steroid dienone is 1. The molecule has 2 N–H and O–H groups in total. The first-order valence-corrected chi connectivity index (χ1v) is 19.8. The lowest BCUT2D eigenvalue weighted by molar-refractivity contribution is -0.148. The van der Waals surface area contributed by atoms with Gasteiger partial charge in [-0.3, -0.25) is 14.4 Å². The summed E-state index contributed by atoms with van der Waals surface area (Å²) in [5, 5.41) is 6.39. The van der Waals surface area contributed by atoms with Crippen LogP contribution in [0.5, 0.6) is 11.5 Å². The van der Waals surface area contributed by atoms with Crippen molar-refractivity contribution >= 4 is 72.4 Å². The fraction of sp³-hybridized carbons (Fsp3) is 0.568. The molecule has 52 heavy (non-hydrogen) atoms. The van der Waals surface area contributed by atoms with Crippen molar-refractivity contribution in [2.24, 2.45) is 5.92 Å². The summed E-state index contributed by atoms with van der Waals surface area (Å²) >= 11 is 6.77. The third-order valence-corrected chi connectivity index (χ3v) is 11.7. The van der Waals surface area contributed by atoms with Gasteiger partial charge >= 0.3 is 12.1 Å². The molecule has 6 rings (SSSR count). The van der Waals surface area contributed by atoms with Gasteiger partial charge < -0.3 is 34.5 Å². The van der Waals surface area contributed by atoms with E-state index in [0.717, 1.165) is 44.9 Å². The van der Waals surface area contributed by atoms with E-state index in [1.54, 1.807) is 18.2 Å². The molecule has 15 heteroatoms. The van der Waals surface area contributed by atoms with Crippen molar-refractivity contribution in [3.63, 3.8) is 0 Å². The maximum atomic E-state index is 14.5. The van der Waals surface area contributed by atoms with Crippen LogP contribution in [-0.4, -0.2) is 95.5 Å². The zero-order valence-corrected chi connectivity index (χ0v) is 32.5. The van der Waals surface area contributed by atoms with Crippen LogP contribution in [0.3, 0.4) is 0 Å². The SMILES string of the molecule is COC(=O)[C@@]12CC1/C=C\CCCCC[C@H](NC(=O)OC1CCCC1)C(=O)N1C[C@H](Oc3cc(C(=O)CBr)nc4c(Br)c(OC)ccc34)CC1C(=O)N2. The molecule has 1 aromatic carbocycles. The number of esters is 1. The average Bonchev–Trinajstić information content (AvgIpc) is 3.42. The van der Waals surface area contributed by atoms with E-state index in [-0.39, 0.29) is 41.8 Å². The molecule has 3 amide bonds. The van der Waals surface area contributed by atoms with Crippen molar-refractivity contribution < 1.29 is 42.9 Å². The summed E-state index contributed by atoms with van der Waals surface area (Å²) in [5.41, 5.74) is -0.634. The summed E-state index contributed by atoms with van der Waals surface area (Å²) in [6.45, 7) is 0.00416. The van der Waals surface area contributed by atoms with Crippen LogP contribution in [-0.2, 0) is 23.9 Å². The second-order valence-corrected chi connectivity index (χ2v) is 15.2. The molecule has 1 aromatic heterocycles. The van der Waals surface area contributed by atoms with Gasteiger partial charge in [0.1, 0.15) is 47.0 Å². The van der Waals surface area contributed by atoms with Crippen molar-refractivity contribution in [2.45, 2.75) is 100 Å². The Kier molecular flexibility index (Phi) is 12.1. The molecule has 3 fully saturated rings. The van der Waals surface area contributed by atoms with Gasteiger partial charge in [-0.1, -0.05) is 40.9 Å². The number of Topliss-reactive ketones (excluding diaryl/α,β-unsaturated/α-hetero) is 1. The monoisotopic (exact) mass is 846 g/mol. The van der Waals surface area contributed by atoms with E-state index in [2.05, 4.69) is 47.5 Å². The first kappa shape index (κ1) is 38.0. The van der Waals surface area contributed by atoms with Gasteiger partial charge in [-0.15, -0.1) is 0 Å². The summed E-state index contributed by atoms with van der Waals surface area (Å²) in [6, 6.07) is 3.09. The number of ether oxygens (including phenoxy) is 4. The third-order valence-electron chi connectivity index (χ3n) is 10.4. The van der Waals surface area contributed by atoms with Gasteiger partial charge in [0.25, 0.3) is 0 Å². The number of nitrogens with zero attached hydrogens (tertiary/aromatic N) is 2. The lowest BCUT2D eigenvalue weighted by Crippen LogP contribution is -2.56. The van der Waals surface area contributed by atoms with Gasteiger partial charge in [-0.2, -0.15) is 0 Å². The Balaban J connectivity index is 1.33. The highest BCUT2D eigenvalue weighted by molar-refractivity contribution is 9.10. The van der Waals surface area contributed by atoms with Gasteiger partial charge in [0.2, 0.25) is 11.8 Å². The number of carbonyl (C=O) groups is 5. The standard InChI is InChI=1S/C37H44Br2N4O9/c1-49-29-15-14-24-30(17-26(28(44)19-38)40-32(24)31(29)39)51-23-16-27-33(45)42-37(35(47)50-2)18-21(37)10-6-4-3-5-7-13-25(34(46)43(27)20-23)41-36(48)52-22-11-8-9-12-22/h6,10,14-15,17,21-23,25,27H,3-5,7-9,11-13,16,18-20H2,1-2H3,(H,41,48)(H,42,45)/b10-6-/t21?,23-,25+,27?,37-/m1/s1. The molecule has 2 aliphatic heterocycles. The molecular formula is C37H44Br2N4O9. The number of pyridine rings is 1. The number of alkyl carbamates (subject to hydrolysis) is 1. The number of hydrogen-bond donors (Lipinski definition) is 2. The Hall–Kier alpha value is -3.72. The summed E-state index contributed by atoms with van der Waals surface area (Å²) in [5.74, 6) is -1.17. The highest BCUT2D eigenvalue weighted by atomic mass is 79.9. The number of ketones is 1. The van der Waals surface area contributed by atoms with Crippen LogP contribution >= 0.6 is 31.9 Å².